The molecule has 1 fully saturated rings. The number of thiazole rings is 1. The Morgan fingerprint density at radius 2 is 2.36 bits per heavy atom. The van der Waals surface area contributed by atoms with Crippen LogP contribution in [0.1, 0.15) is 35.2 Å². The van der Waals surface area contributed by atoms with Gasteiger partial charge < -0.3 is 5.32 Å². The second-order valence-corrected chi connectivity index (χ2v) is 7.30. The van der Waals surface area contributed by atoms with E-state index in [2.05, 4.69) is 15.2 Å². The van der Waals surface area contributed by atoms with E-state index in [0.717, 1.165) is 29.2 Å². The van der Waals surface area contributed by atoms with Crippen LogP contribution in [-0.4, -0.2) is 28.9 Å². The van der Waals surface area contributed by atoms with Crippen molar-refractivity contribution in [2.75, 3.05) is 13.1 Å². The summed E-state index contributed by atoms with van der Waals surface area (Å²) in [4.78, 5) is 18.5. The molecule has 1 aromatic carbocycles. The molecule has 0 aliphatic carbocycles. The number of nitrogens with zero attached hydrogens (tertiary/aromatic N) is 3. The van der Waals surface area contributed by atoms with Gasteiger partial charge in [0, 0.05) is 37.6 Å². The third kappa shape index (κ3) is 3.70. The zero-order valence-electron chi connectivity index (χ0n) is 14.2. The summed E-state index contributed by atoms with van der Waals surface area (Å²) in [6.07, 6.45) is 0.770. The minimum atomic E-state index is -0.501. The molecule has 1 saturated heterocycles. The summed E-state index contributed by atoms with van der Waals surface area (Å²) in [6, 6.07) is 6.48. The van der Waals surface area contributed by atoms with E-state index in [4.69, 9.17) is 5.26 Å². The molecular formula is C18H19FN4OS. The molecule has 2 aromatic rings. The number of amides is 1. The van der Waals surface area contributed by atoms with Crippen molar-refractivity contribution in [3.05, 3.63) is 51.2 Å². The Morgan fingerprint density at radius 1 is 1.56 bits per heavy atom. The van der Waals surface area contributed by atoms with Gasteiger partial charge >= 0.3 is 0 Å². The minimum absolute atomic E-state index is 0.0559. The fraction of sp³-hybridized carbons (Fsp3) is 0.389. The van der Waals surface area contributed by atoms with E-state index in [1.807, 2.05) is 18.4 Å². The van der Waals surface area contributed by atoms with Crippen molar-refractivity contribution in [1.82, 2.24) is 15.2 Å². The van der Waals surface area contributed by atoms with E-state index in [0.29, 0.717) is 13.1 Å². The molecule has 3 rings (SSSR count). The SMILES string of the molecule is CC(=O)NC1(c2nc(C)cs2)CCN(Cc2ccc(F)c(C#N)c2)C1. The summed E-state index contributed by atoms with van der Waals surface area (Å²) in [5.74, 6) is -0.582. The molecule has 1 amide bonds. The maximum atomic E-state index is 13.5. The lowest BCUT2D eigenvalue weighted by Gasteiger charge is -2.28. The number of aromatic nitrogens is 1. The number of hydrogen-bond donors (Lipinski definition) is 1. The van der Waals surface area contributed by atoms with Crippen LogP contribution >= 0.6 is 11.3 Å². The number of aryl methyl sites for hydroxylation is 1. The summed E-state index contributed by atoms with van der Waals surface area (Å²) in [7, 11) is 0. The van der Waals surface area contributed by atoms with Gasteiger partial charge in [-0.25, -0.2) is 9.37 Å². The van der Waals surface area contributed by atoms with Crippen molar-refractivity contribution in [2.45, 2.75) is 32.4 Å². The van der Waals surface area contributed by atoms with Gasteiger partial charge in [0.2, 0.25) is 5.91 Å². The van der Waals surface area contributed by atoms with Gasteiger partial charge in [-0.2, -0.15) is 5.26 Å². The average Bonchev–Trinajstić information content (AvgIpc) is 3.16. The third-order valence-electron chi connectivity index (χ3n) is 4.35. The number of hydrogen-bond acceptors (Lipinski definition) is 5. The predicted octanol–water partition coefficient (Wildman–Crippen LogP) is 2.70. The first-order chi connectivity index (χ1) is 11.9. The molecule has 1 aliphatic heterocycles. The first kappa shape index (κ1) is 17.5. The van der Waals surface area contributed by atoms with E-state index >= 15 is 0 Å². The third-order valence-corrected chi connectivity index (χ3v) is 5.51. The fourth-order valence-electron chi connectivity index (χ4n) is 3.28. The largest absolute Gasteiger partial charge is 0.343 e. The Hall–Kier alpha value is -2.30. The molecule has 1 atom stereocenters. The van der Waals surface area contributed by atoms with E-state index in [9.17, 15) is 9.18 Å². The molecule has 7 heteroatoms. The Morgan fingerprint density at radius 3 is 3.00 bits per heavy atom. The molecule has 1 unspecified atom stereocenters. The van der Waals surface area contributed by atoms with Gasteiger partial charge in [0.05, 0.1) is 5.56 Å². The average molecular weight is 358 g/mol. The van der Waals surface area contributed by atoms with Gasteiger partial charge in [0.1, 0.15) is 22.4 Å². The van der Waals surface area contributed by atoms with Crippen molar-refractivity contribution in [3.8, 4) is 6.07 Å². The molecule has 0 bridgehead atoms. The lowest BCUT2D eigenvalue weighted by Crippen LogP contribution is -2.47. The highest BCUT2D eigenvalue weighted by atomic mass is 32.1. The number of carbonyl (C=O) groups excluding carboxylic acids is 1. The quantitative estimate of drug-likeness (QED) is 0.912. The predicted molar refractivity (Wildman–Crippen MR) is 93.4 cm³/mol. The van der Waals surface area contributed by atoms with Crippen LogP contribution in [0.5, 0.6) is 0 Å². The molecule has 25 heavy (non-hydrogen) atoms. The Bertz CT molecular complexity index is 844. The zero-order valence-corrected chi connectivity index (χ0v) is 15.0. The Balaban J connectivity index is 1.80. The molecule has 1 aliphatic rings. The zero-order chi connectivity index (χ0) is 18.0. The van der Waals surface area contributed by atoms with E-state index < -0.39 is 11.4 Å². The van der Waals surface area contributed by atoms with Crippen LogP contribution in [0.3, 0.4) is 0 Å². The molecule has 0 spiro atoms. The van der Waals surface area contributed by atoms with Crippen molar-refractivity contribution >= 4 is 17.2 Å². The van der Waals surface area contributed by atoms with Gasteiger partial charge in [-0.15, -0.1) is 11.3 Å². The number of nitrogens with one attached hydrogen (secondary N) is 1. The number of nitriles is 1. The summed E-state index contributed by atoms with van der Waals surface area (Å²) in [5, 5.41) is 15.0. The Labute approximate surface area is 150 Å². The highest BCUT2D eigenvalue weighted by Crippen LogP contribution is 2.35. The lowest BCUT2D eigenvalue weighted by atomic mass is 9.99. The van der Waals surface area contributed by atoms with Gasteiger partial charge in [0.15, 0.2) is 0 Å². The van der Waals surface area contributed by atoms with Crippen molar-refractivity contribution < 1.29 is 9.18 Å². The van der Waals surface area contributed by atoms with Crippen molar-refractivity contribution in [1.29, 1.82) is 5.26 Å². The second-order valence-electron chi connectivity index (χ2n) is 6.44. The van der Waals surface area contributed by atoms with Gasteiger partial charge in [-0.3, -0.25) is 9.69 Å². The van der Waals surface area contributed by atoms with Crippen LogP contribution in [0.25, 0.3) is 0 Å². The Kier molecular flexibility index (Phi) is 4.84. The first-order valence-electron chi connectivity index (χ1n) is 8.04. The van der Waals surface area contributed by atoms with Crippen LogP contribution in [0.4, 0.5) is 4.39 Å². The summed E-state index contributed by atoms with van der Waals surface area (Å²) in [5.41, 5.74) is 1.40. The topological polar surface area (TPSA) is 69.0 Å². The lowest BCUT2D eigenvalue weighted by molar-refractivity contribution is -0.120. The van der Waals surface area contributed by atoms with Crippen LogP contribution in [-0.2, 0) is 16.9 Å². The number of benzene rings is 1. The maximum absolute atomic E-state index is 13.5. The molecule has 1 aromatic heterocycles. The van der Waals surface area contributed by atoms with Crippen LogP contribution in [0.15, 0.2) is 23.6 Å². The van der Waals surface area contributed by atoms with Gasteiger partial charge in [-0.05, 0) is 31.0 Å². The highest BCUT2D eigenvalue weighted by Gasteiger charge is 2.42. The van der Waals surface area contributed by atoms with Gasteiger partial charge in [-0.1, -0.05) is 6.07 Å². The highest BCUT2D eigenvalue weighted by molar-refractivity contribution is 7.09. The summed E-state index contributed by atoms with van der Waals surface area (Å²) in [6.45, 7) is 5.48. The van der Waals surface area contributed by atoms with Gasteiger partial charge in [0.25, 0.3) is 0 Å². The number of rotatable bonds is 4. The summed E-state index contributed by atoms with van der Waals surface area (Å²) < 4.78 is 13.5. The van der Waals surface area contributed by atoms with Crippen molar-refractivity contribution in [3.63, 3.8) is 0 Å². The molecule has 130 valence electrons. The maximum Gasteiger partial charge on any atom is 0.217 e. The van der Waals surface area contributed by atoms with E-state index in [1.165, 1.54) is 13.0 Å². The smallest absolute Gasteiger partial charge is 0.217 e. The molecule has 0 saturated carbocycles. The van der Waals surface area contributed by atoms with Crippen LogP contribution in [0, 0.1) is 24.1 Å². The first-order valence-corrected chi connectivity index (χ1v) is 8.92. The molecule has 5 nitrogen and oxygen atoms in total. The number of halogens is 1. The van der Waals surface area contributed by atoms with Crippen LogP contribution < -0.4 is 5.32 Å². The summed E-state index contributed by atoms with van der Waals surface area (Å²) >= 11 is 1.56. The fourth-order valence-corrected chi connectivity index (χ4v) is 4.25. The normalized spacial score (nSPS) is 20.4. The van der Waals surface area contributed by atoms with E-state index in [1.54, 1.807) is 23.5 Å². The monoisotopic (exact) mass is 358 g/mol. The number of likely N-dealkylation sites (tertiary alicyclic amines) is 1. The standard InChI is InChI=1S/C18H19FN4OS/c1-12-10-25-17(21-12)18(22-13(2)24)5-6-23(11-18)9-14-3-4-16(19)15(7-14)8-20/h3-4,7,10H,5-6,9,11H2,1-2H3,(H,22,24). The van der Waals surface area contributed by atoms with Crippen molar-refractivity contribution in [2.24, 2.45) is 0 Å². The second kappa shape index (κ2) is 6.90. The molecule has 0 radical (unpaired) electrons. The molecule has 1 N–H and O–H groups in total. The number of carbonyl (C=O) groups is 1. The molecule has 2 heterocycles. The van der Waals surface area contributed by atoms with Crippen LogP contribution in [0.2, 0.25) is 0 Å². The molecular weight excluding hydrogens is 339 g/mol. The minimum Gasteiger partial charge on any atom is -0.343 e. The van der Waals surface area contributed by atoms with E-state index in [-0.39, 0.29) is 11.5 Å².